The first kappa shape index (κ1) is 46.1. The summed E-state index contributed by atoms with van der Waals surface area (Å²) in [5, 5.41) is 40.5. The number of guanidine groups is 2. The van der Waals surface area contributed by atoms with E-state index in [0.717, 1.165) is 0 Å². The number of aromatic nitrogens is 2. The van der Waals surface area contributed by atoms with Crippen LogP contribution in [0.1, 0.15) is 44.2 Å². The molecule has 0 radical (unpaired) electrons. The maximum absolute atomic E-state index is 14.0. The molecule has 0 bridgehead atoms. The molecule has 1 fully saturated rings. The lowest BCUT2D eigenvalue weighted by atomic mass is 10.1. The largest absolute Gasteiger partial charge is 0.480 e. The first-order valence-corrected chi connectivity index (χ1v) is 17.6. The van der Waals surface area contributed by atoms with Crippen molar-refractivity contribution in [1.82, 2.24) is 41.5 Å². The highest BCUT2D eigenvalue weighted by Gasteiger charge is 2.38. The average Bonchev–Trinajstić information content (AvgIpc) is 3.87. The van der Waals surface area contributed by atoms with E-state index >= 15 is 0 Å². The zero-order chi connectivity index (χ0) is 41.8. The Labute approximate surface area is 321 Å². The Balaban J connectivity index is 2.11. The molecular formula is C31H53N15O10. The van der Waals surface area contributed by atoms with E-state index in [0.29, 0.717) is 12.1 Å². The molecule has 1 aromatic heterocycles. The highest BCUT2D eigenvalue weighted by Crippen LogP contribution is 2.20. The minimum Gasteiger partial charge on any atom is -0.480 e. The number of aromatic amines is 1. The smallest absolute Gasteiger partial charge is 0.326 e. The summed E-state index contributed by atoms with van der Waals surface area (Å²) >= 11 is 0. The zero-order valence-corrected chi connectivity index (χ0v) is 30.7. The van der Waals surface area contributed by atoms with Gasteiger partial charge in [-0.1, -0.05) is 0 Å². The SMILES string of the molecule is NC(N)=NCCC[C@H](NC(=O)[C@H](CO)NC(=O)CNC(=O)[C@@H]1CCCN1C(=O)[C@H](CCCN=C(N)N)NC(=O)[C@H](Cc1cnc[nH]1)NC(=O)[C@@H](N)CO)C(=O)O. The van der Waals surface area contributed by atoms with Crippen molar-refractivity contribution in [3.8, 4) is 0 Å². The number of nitrogens with one attached hydrogen (secondary N) is 6. The molecule has 0 aromatic carbocycles. The van der Waals surface area contributed by atoms with Gasteiger partial charge in [0.25, 0.3) is 0 Å². The van der Waals surface area contributed by atoms with E-state index < -0.39 is 97.4 Å². The van der Waals surface area contributed by atoms with E-state index in [1.807, 2.05) is 0 Å². The van der Waals surface area contributed by atoms with Gasteiger partial charge in [0.15, 0.2) is 11.9 Å². The molecule has 25 heteroatoms. The third kappa shape index (κ3) is 15.7. The number of aliphatic hydroxyl groups is 2. The number of rotatable bonds is 24. The molecule has 1 aromatic rings. The van der Waals surface area contributed by atoms with E-state index in [4.69, 9.17) is 28.7 Å². The van der Waals surface area contributed by atoms with Gasteiger partial charge in [-0.3, -0.25) is 38.8 Å². The molecule has 0 unspecified atom stereocenters. The number of hydrogen-bond donors (Lipinski definition) is 14. The number of aliphatic carboxylic acids is 1. The van der Waals surface area contributed by atoms with Gasteiger partial charge in [0.05, 0.1) is 26.1 Å². The van der Waals surface area contributed by atoms with Gasteiger partial charge < -0.3 is 80.5 Å². The van der Waals surface area contributed by atoms with Crippen LogP contribution >= 0.6 is 0 Å². The number of carboxylic acid groups (broad SMARTS) is 1. The van der Waals surface area contributed by atoms with Gasteiger partial charge in [0.1, 0.15) is 36.3 Å². The van der Waals surface area contributed by atoms with E-state index in [2.05, 4.69) is 46.5 Å². The number of likely N-dealkylation sites (tertiary alicyclic amines) is 1. The van der Waals surface area contributed by atoms with Gasteiger partial charge in [0.2, 0.25) is 35.4 Å². The van der Waals surface area contributed by atoms with Gasteiger partial charge in [-0.2, -0.15) is 0 Å². The van der Waals surface area contributed by atoms with Crippen LogP contribution in [0.5, 0.6) is 0 Å². The standard InChI is InChI=1S/C31H53N15O10/c32-17(13-47)24(50)45-20(10-16-11-37-15-41-16)25(51)43-18(4-1-7-38-30(33)34)28(54)46-9-3-6-22(46)27(53)40-12-23(49)42-21(14-48)26(52)44-19(29(55)56)5-2-8-39-31(35)36/h11,15,17-22,47-48H,1-10,12-14,32H2,(H,37,41)(H,40,53)(H,42,49)(H,43,51)(H,44,52)(H,45,50)(H,55,56)(H4,33,34,38)(H4,35,36,39)/t17-,18-,19-,20-,21-,22-/m0/s1. The fraction of sp³-hybridized carbons (Fsp3) is 0.613. The Kier molecular flexibility index (Phi) is 19.5. The van der Waals surface area contributed by atoms with E-state index in [1.165, 1.54) is 17.4 Å². The highest BCUT2D eigenvalue weighted by molar-refractivity contribution is 5.96. The number of nitrogens with zero attached hydrogens (tertiary/aromatic N) is 4. The predicted octanol–water partition coefficient (Wildman–Crippen LogP) is -7.50. The van der Waals surface area contributed by atoms with Crippen LogP contribution in [0.4, 0.5) is 0 Å². The molecule has 19 N–H and O–H groups in total. The lowest BCUT2D eigenvalue weighted by Crippen LogP contribution is -2.58. The van der Waals surface area contributed by atoms with Gasteiger partial charge in [-0.15, -0.1) is 0 Å². The lowest BCUT2D eigenvalue weighted by molar-refractivity contribution is -0.142. The molecule has 312 valence electrons. The fourth-order valence-corrected chi connectivity index (χ4v) is 5.48. The van der Waals surface area contributed by atoms with Crippen LogP contribution in [0, 0.1) is 0 Å². The van der Waals surface area contributed by atoms with Crippen LogP contribution in [0.3, 0.4) is 0 Å². The number of hydrogen-bond acceptors (Lipinski definition) is 13. The monoisotopic (exact) mass is 795 g/mol. The van der Waals surface area contributed by atoms with Crippen LogP contribution in [-0.4, -0.2) is 159 Å². The van der Waals surface area contributed by atoms with E-state index in [-0.39, 0.29) is 70.1 Å². The molecule has 0 aliphatic carbocycles. The second-order valence-corrected chi connectivity index (χ2v) is 12.7. The summed E-state index contributed by atoms with van der Waals surface area (Å²) in [5.74, 6) is -6.62. The highest BCUT2D eigenvalue weighted by atomic mass is 16.4. The molecule has 56 heavy (non-hydrogen) atoms. The molecule has 6 atom stereocenters. The van der Waals surface area contributed by atoms with Crippen LogP contribution in [0.25, 0.3) is 0 Å². The van der Waals surface area contributed by atoms with Crippen molar-refractivity contribution in [3.05, 3.63) is 18.2 Å². The number of H-pyrrole nitrogens is 1. The number of imidazole rings is 1. The summed E-state index contributed by atoms with van der Waals surface area (Å²) in [6.45, 7) is -1.94. The predicted molar refractivity (Wildman–Crippen MR) is 197 cm³/mol. The topological polar surface area (TPSA) is 427 Å². The number of amides is 6. The average molecular weight is 796 g/mol. The molecule has 1 aliphatic rings. The molecule has 1 saturated heterocycles. The summed E-state index contributed by atoms with van der Waals surface area (Å²) in [6.07, 6.45) is 3.69. The molecule has 2 rings (SSSR count). The molecule has 25 nitrogen and oxygen atoms in total. The van der Waals surface area contributed by atoms with Crippen molar-refractivity contribution in [2.45, 2.75) is 81.2 Å². The van der Waals surface area contributed by atoms with Gasteiger partial charge in [0, 0.05) is 37.9 Å². The second kappa shape index (κ2) is 23.6. The number of aliphatic hydroxyl groups excluding tert-OH is 2. The summed E-state index contributed by atoms with van der Waals surface area (Å²) in [7, 11) is 0. The number of nitrogens with two attached hydrogens (primary N) is 5. The quantitative estimate of drug-likeness (QED) is 0.0262. The summed E-state index contributed by atoms with van der Waals surface area (Å²) in [5.41, 5.74) is 27.4. The summed E-state index contributed by atoms with van der Waals surface area (Å²) < 4.78 is 0. The zero-order valence-electron chi connectivity index (χ0n) is 30.7. The third-order valence-corrected chi connectivity index (χ3v) is 8.36. The number of aliphatic imine (C=N–C) groups is 2. The molecule has 1 aliphatic heterocycles. The van der Waals surface area contributed by atoms with Crippen LogP contribution < -0.4 is 55.3 Å². The lowest BCUT2D eigenvalue weighted by Gasteiger charge is -2.30. The van der Waals surface area contributed by atoms with Crippen LogP contribution in [0.15, 0.2) is 22.5 Å². The maximum atomic E-state index is 14.0. The van der Waals surface area contributed by atoms with Gasteiger partial charge >= 0.3 is 5.97 Å². The normalized spacial score (nSPS) is 16.2. The number of carbonyl (C=O) groups excluding carboxylic acids is 6. The minimum atomic E-state index is -1.56. The Bertz CT molecular complexity index is 1550. The fourth-order valence-electron chi connectivity index (χ4n) is 5.48. The van der Waals surface area contributed by atoms with Gasteiger partial charge in [-0.25, -0.2) is 9.78 Å². The molecule has 6 amide bonds. The van der Waals surface area contributed by atoms with Gasteiger partial charge in [-0.05, 0) is 38.5 Å². The molecule has 0 spiro atoms. The third-order valence-electron chi connectivity index (χ3n) is 8.36. The summed E-state index contributed by atoms with van der Waals surface area (Å²) in [6, 6.07) is -7.83. The second-order valence-electron chi connectivity index (χ2n) is 12.7. The Hall–Kier alpha value is -6.08. The van der Waals surface area contributed by atoms with E-state index in [9.17, 15) is 48.9 Å². The Morgan fingerprint density at radius 1 is 0.839 bits per heavy atom. The minimum absolute atomic E-state index is 0.0130. The van der Waals surface area contributed by atoms with Crippen LogP contribution in [-0.2, 0) is 40.0 Å². The van der Waals surface area contributed by atoms with Crippen LogP contribution in [0.2, 0.25) is 0 Å². The number of carbonyl (C=O) groups is 7. The molecular weight excluding hydrogens is 742 g/mol. The van der Waals surface area contributed by atoms with Crippen molar-refractivity contribution in [3.63, 3.8) is 0 Å². The van der Waals surface area contributed by atoms with Crippen molar-refractivity contribution < 1.29 is 48.9 Å². The number of carboxylic acids is 1. The van der Waals surface area contributed by atoms with Crippen molar-refractivity contribution >= 4 is 53.3 Å². The Morgan fingerprint density at radius 2 is 1.43 bits per heavy atom. The molecule has 2 heterocycles. The summed E-state index contributed by atoms with van der Waals surface area (Å²) in [4.78, 5) is 106. The Morgan fingerprint density at radius 3 is 1.98 bits per heavy atom. The maximum Gasteiger partial charge on any atom is 0.326 e. The molecule has 0 saturated carbocycles. The van der Waals surface area contributed by atoms with Crippen molar-refractivity contribution in [1.29, 1.82) is 0 Å². The first-order valence-electron chi connectivity index (χ1n) is 17.6. The first-order chi connectivity index (χ1) is 26.6. The van der Waals surface area contributed by atoms with Crippen molar-refractivity contribution in [2.24, 2.45) is 38.7 Å². The van der Waals surface area contributed by atoms with E-state index in [1.54, 1.807) is 0 Å². The van der Waals surface area contributed by atoms with Crippen molar-refractivity contribution in [2.75, 3.05) is 39.4 Å².